The normalized spacial score (nSPS) is 12.0. The number of rotatable bonds is 6. The average molecular weight is 357 g/mol. The van der Waals surface area contributed by atoms with Gasteiger partial charge in [0.15, 0.2) is 0 Å². The lowest BCUT2D eigenvalue weighted by Gasteiger charge is -2.18. The molecule has 4 aromatic rings. The molecule has 0 saturated heterocycles. The fraction of sp³-hybridized carbons (Fsp3) is 0.0952. The maximum absolute atomic E-state index is 11.3. The lowest BCUT2D eigenvalue weighted by molar-refractivity contribution is 0.0995. The molecule has 0 spiro atoms. The Morgan fingerprint density at radius 1 is 1.07 bits per heavy atom. The van der Waals surface area contributed by atoms with E-state index in [4.69, 9.17) is 5.73 Å². The van der Waals surface area contributed by atoms with Crippen LogP contribution in [0.5, 0.6) is 0 Å². The predicted octanol–water partition coefficient (Wildman–Crippen LogP) is 3.30. The summed E-state index contributed by atoms with van der Waals surface area (Å²) in [7, 11) is 0. The van der Waals surface area contributed by atoms with E-state index >= 15 is 0 Å². The van der Waals surface area contributed by atoms with Crippen molar-refractivity contribution in [3.8, 4) is 0 Å². The first kappa shape index (κ1) is 16.8. The molecule has 27 heavy (non-hydrogen) atoms. The lowest BCUT2D eigenvalue weighted by Crippen LogP contribution is -2.17. The fourth-order valence-electron chi connectivity index (χ4n) is 3.25. The summed E-state index contributed by atoms with van der Waals surface area (Å²) >= 11 is 0. The predicted molar refractivity (Wildman–Crippen MR) is 106 cm³/mol. The Morgan fingerprint density at radius 2 is 1.85 bits per heavy atom. The number of hydrogen-bond donors (Lipinski definition) is 3. The third-order valence-electron chi connectivity index (χ3n) is 4.57. The number of para-hydroxylation sites is 1. The van der Waals surface area contributed by atoms with Gasteiger partial charge in [-0.3, -0.25) is 9.78 Å². The van der Waals surface area contributed by atoms with Crippen molar-refractivity contribution in [3.63, 3.8) is 0 Å². The highest BCUT2D eigenvalue weighted by molar-refractivity contribution is 5.90. The van der Waals surface area contributed by atoms with Crippen LogP contribution < -0.4 is 11.1 Å². The van der Waals surface area contributed by atoms with Crippen LogP contribution in [0.25, 0.3) is 10.9 Å². The molecule has 4 rings (SSSR count). The molecule has 2 aromatic carbocycles. The topological polar surface area (TPSA) is 96.7 Å². The Kier molecular flexibility index (Phi) is 4.53. The highest BCUT2D eigenvalue weighted by Crippen LogP contribution is 2.31. The smallest absolute Gasteiger partial charge is 0.268 e. The molecule has 1 atom stereocenters. The molecule has 4 N–H and O–H groups in total. The molecule has 2 heterocycles. The van der Waals surface area contributed by atoms with Crippen molar-refractivity contribution in [2.45, 2.75) is 5.92 Å². The number of nitrogens with two attached hydrogens (primary N) is 1. The van der Waals surface area contributed by atoms with E-state index in [0.29, 0.717) is 12.4 Å². The van der Waals surface area contributed by atoms with Crippen molar-refractivity contribution < 1.29 is 4.79 Å². The monoisotopic (exact) mass is 357 g/mol. The SMILES string of the molecule is NC(=O)c1cncc(NCC(c2ccccc2)c2c[nH]c3ccccc23)n1. The van der Waals surface area contributed by atoms with Crippen LogP contribution in [-0.2, 0) is 0 Å². The molecule has 0 fully saturated rings. The zero-order chi connectivity index (χ0) is 18.6. The van der Waals surface area contributed by atoms with E-state index in [2.05, 4.69) is 50.7 Å². The maximum atomic E-state index is 11.3. The van der Waals surface area contributed by atoms with Crippen LogP contribution in [0.1, 0.15) is 27.5 Å². The molecule has 0 saturated carbocycles. The first-order valence-corrected chi connectivity index (χ1v) is 8.69. The number of fused-ring (bicyclic) bond motifs is 1. The van der Waals surface area contributed by atoms with Gasteiger partial charge in [-0.1, -0.05) is 48.5 Å². The number of H-pyrrole nitrogens is 1. The van der Waals surface area contributed by atoms with Crippen molar-refractivity contribution in [2.24, 2.45) is 5.73 Å². The molecule has 0 radical (unpaired) electrons. The van der Waals surface area contributed by atoms with Crippen molar-refractivity contribution in [2.75, 3.05) is 11.9 Å². The van der Waals surface area contributed by atoms with E-state index in [9.17, 15) is 4.79 Å². The standard InChI is InChI=1S/C21H19N5O/c22-21(27)19-12-23-13-20(26-19)25-10-16(14-6-2-1-3-7-14)17-11-24-18-9-5-4-8-15(17)18/h1-9,11-13,16,24H,10H2,(H2,22,27)(H,25,26). The van der Waals surface area contributed by atoms with Crippen molar-refractivity contribution in [3.05, 3.63) is 90.0 Å². The zero-order valence-electron chi connectivity index (χ0n) is 14.6. The summed E-state index contributed by atoms with van der Waals surface area (Å²) in [5.41, 5.74) is 8.92. The number of amides is 1. The highest BCUT2D eigenvalue weighted by atomic mass is 16.1. The van der Waals surface area contributed by atoms with Crippen molar-refractivity contribution in [1.82, 2.24) is 15.0 Å². The summed E-state index contributed by atoms with van der Waals surface area (Å²) in [4.78, 5) is 22.9. The molecule has 0 bridgehead atoms. The number of primary amides is 1. The third kappa shape index (κ3) is 3.50. The first-order valence-electron chi connectivity index (χ1n) is 8.69. The van der Waals surface area contributed by atoms with E-state index in [0.717, 1.165) is 5.52 Å². The molecule has 6 heteroatoms. The van der Waals surface area contributed by atoms with Gasteiger partial charge in [0.1, 0.15) is 11.5 Å². The maximum Gasteiger partial charge on any atom is 0.268 e. The number of carbonyl (C=O) groups is 1. The van der Waals surface area contributed by atoms with E-state index in [-0.39, 0.29) is 11.6 Å². The lowest BCUT2D eigenvalue weighted by atomic mass is 9.91. The molecule has 1 unspecified atom stereocenters. The molecular formula is C21H19N5O. The summed E-state index contributed by atoms with van der Waals surface area (Å²) in [5, 5.41) is 4.48. The van der Waals surface area contributed by atoms with E-state index < -0.39 is 5.91 Å². The van der Waals surface area contributed by atoms with Gasteiger partial charge in [-0.25, -0.2) is 4.98 Å². The quantitative estimate of drug-likeness (QED) is 0.493. The largest absolute Gasteiger partial charge is 0.368 e. The van der Waals surface area contributed by atoms with Crippen LogP contribution in [0, 0.1) is 0 Å². The second-order valence-electron chi connectivity index (χ2n) is 6.29. The number of nitrogens with one attached hydrogen (secondary N) is 2. The molecule has 134 valence electrons. The Labute approximate surface area is 156 Å². The Balaban J connectivity index is 1.67. The van der Waals surface area contributed by atoms with Gasteiger partial charge in [-0.2, -0.15) is 0 Å². The van der Waals surface area contributed by atoms with Gasteiger partial charge >= 0.3 is 0 Å². The molecule has 0 aliphatic rings. The Hall–Kier alpha value is -3.67. The fourth-order valence-corrected chi connectivity index (χ4v) is 3.25. The van der Waals surface area contributed by atoms with Crippen LogP contribution >= 0.6 is 0 Å². The van der Waals surface area contributed by atoms with E-state index in [1.54, 1.807) is 6.20 Å². The Bertz CT molecular complexity index is 1070. The van der Waals surface area contributed by atoms with Gasteiger partial charge in [0.05, 0.1) is 12.4 Å². The van der Waals surface area contributed by atoms with Crippen LogP contribution in [0.3, 0.4) is 0 Å². The van der Waals surface area contributed by atoms with E-state index in [1.165, 1.54) is 22.7 Å². The van der Waals surface area contributed by atoms with Crippen LogP contribution in [0.4, 0.5) is 5.82 Å². The van der Waals surface area contributed by atoms with E-state index in [1.807, 2.05) is 30.3 Å². The summed E-state index contributed by atoms with van der Waals surface area (Å²) in [6.07, 6.45) is 5.00. The number of hydrogen-bond acceptors (Lipinski definition) is 4. The van der Waals surface area contributed by atoms with Gasteiger partial charge in [-0.05, 0) is 17.2 Å². The minimum atomic E-state index is -0.595. The van der Waals surface area contributed by atoms with Gasteiger partial charge in [0.25, 0.3) is 5.91 Å². The molecule has 0 aliphatic heterocycles. The van der Waals surface area contributed by atoms with Gasteiger partial charge in [-0.15, -0.1) is 0 Å². The van der Waals surface area contributed by atoms with Crippen molar-refractivity contribution in [1.29, 1.82) is 0 Å². The number of benzene rings is 2. The minimum Gasteiger partial charge on any atom is -0.368 e. The zero-order valence-corrected chi connectivity index (χ0v) is 14.6. The van der Waals surface area contributed by atoms with Crippen LogP contribution in [-0.4, -0.2) is 27.4 Å². The average Bonchev–Trinajstić information content (AvgIpc) is 3.13. The Morgan fingerprint density at radius 3 is 2.67 bits per heavy atom. The third-order valence-corrected chi connectivity index (χ3v) is 4.57. The number of nitrogens with zero attached hydrogens (tertiary/aromatic N) is 2. The molecule has 6 nitrogen and oxygen atoms in total. The number of aromatic amines is 1. The van der Waals surface area contributed by atoms with Gasteiger partial charge in [0.2, 0.25) is 0 Å². The second-order valence-corrected chi connectivity index (χ2v) is 6.29. The van der Waals surface area contributed by atoms with Crippen molar-refractivity contribution >= 4 is 22.6 Å². The summed E-state index contributed by atoms with van der Waals surface area (Å²) in [6.45, 7) is 0.600. The van der Waals surface area contributed by atoms with Gasteiger partial charge < -0.3 is 16.0 Å². The number of aromatic nitrogens is 3. The second kappa shape index (κ2) is 7.29. The van der Waals surface area contributed by atoms with Crippen LogP contribution in [0.2, 0.25) is 0 Å². The highest BCUT2D eigenvalue weighted by Gasteiger charge is 2.18. The molecular weight excluding hydrogens is 338 g/mol. The summed E-state index contributed by atoms with van der Waals surface area (Å²) < 4.78 is 0. The first-order chi connectivity index (χ1) is 13.2. The number of carbonyl (C=O) groups excluding carboxylic acids is 1. The summed E-state index contributed by atoms with van der Waals surface area (Å²) in [5.74, 6) is 0.0239. The number of anilines is 1. The van der Waals surface area contributed by atoms with Crippen LogP contribution in [0.15, 0.2) is 73.2 Å². The minimum absolute atomic E-state index is 0.0985. The molecule has 1 amide bonds. The molecule has 2 aromatic heterocycles. The summed E-state index contributed by atoms with van der Waals surface area (Å²) in [6, 6.07) is 18.5. The molecule has 0 aliphatic carbocycles. The van der Waals surface area contributed by atoms with Gasteiger partial charge in [0, 0.05) is 29.6 Å².